The summed E-state index contributed by atoms with van der Waals surface area (Å²) in [5.74, 6) is 0.329. The Balaban J connectivity index is 2.81. The van der Waals surface area contributed by atoms with Gasteiger partial charge in [-0.1, -0.05) is 19.2 Å². The second-order valence-electron chi connectivity index (χ2n) is 4.56. The molecule has 0 unspecified atom stereocenters. The van der Waals surface area contributed by atoms with Gasteiger partial charge in [0.25, 0.3) is 0 Å². The molecule has 6 heteroatoms. The minimum Gasteiger partial charge on any atom is -0.508 e. The van der Waals surface area contributed by atoms with Gasteiger partial charge in [-0.25, -0.2) is 4.79 Å². The first-order valence-corrected chi connectivity index (χ1v) is 6.52. The number of hydrogen-bond donors (Lipinski definition) is 2. The van der Waals surface area contributed by atoms with Gasteiger partial charge in [-0.3, -0.25) is 10.3 Å². The topological polar surface area (TPSA) is 80.9 Å². The van der Waals surface area contributed by atoms with Crippen molar-refractivity contribution in [2.24, 2.45) is 0 Å². The van der Waals surface area contributed by atoms with Crippen LogP contribution in [-0.4, -0.2) is 18.8 Å². The van der Waals surface area contributed by atoms with Gasteiger partial charge in [0.15, 0.2) is 0 Å². The fourth-order valence-electron chi connectivity index (χ4n) is 2.09. The Morgan fingerprint density at radius 2 is 2.23 bits per heavy atom. The molecule has 0 aliphatic rings. The molecular formula is C16H17NO5. The Labute approximate surface area is 127 Å². The highest BCUT2D eigenvalue weighted by Gasteiger charge is 2.20. The van der Waals surface area contributed by atoms with E-state index in [0.29, 0.717) is 16.7 Å². The van der Waals surface area contributed by atoms with E-state index in [1.165, 1.54) is 13.2 Å². The van der Waals surface area contributed by atoms with Gasteiger partial charge in [0.1, 0.15) is 29.3 Å². The van der Waals surface area contributed by atoms with Crippen LogP contribution in [0.3, 0.4) is 0 Å². The van der Waals surface area contributed by atoms with E-state index in [1.54, 1.807) is 19.1 Å². The number of phenols is 1. The highest BCUT2D eigenvalue weighted by atomic mass is 16.6. The average molecular weight is 303 g/mol. The van der Waals surface area contributed by atoms with E-state index in [1.807, 2.05) is 0 Å². The SMILES string of the molecule is C=CCOc1c(C(=C)NOC)c(=O)oc2c(C)c(O)ccc12. The molecule has 6 nitrogen and oxygen atoms in total. The van der Waals surface area contributed by atoms with E-state index in [9.17, 15) is 9.90 Å². The van der Waals surface area contributed by atoms with Gasteiger partial charge in [0.05, 0.1) is 18.2 Å². The number of nitrogens with one attached hydrogen (secondary N) is 1. The largest absolute Gasteiger partial charge is 0.508 e. The maximum atomic E-state index is 12.3. The summed E-state index contributed by atoms with van der Waals surface area (Å²) in [6, 6.07) is 3.12. The summed E-state index contributed by atoms with van der Waals surface area (Å²) < 4.78 is 10.9. The number of rotatable bonds is 6. The lowest BCUT2D eigenvalue weighted by Gasteiger charge is -2.15. The first kappa shape index (κ1) is 15.7. The summed E-state index contributed by atoms with van der Waals surface area (Å²) in [6.07, 6.45) is 1.56. The molecule has 0 bridgehead atoms. The number of fused-ring (bicyclic) bond motifs is 1. The summed E-state index contributed by atoms with van der Waals surface area (Å²) in [4.78, 5) is 17.1. The van der Waals surface area contributed by atoms with Crippen LogP contribution in [0.25, 0.3) is 16.7 Å². The van der Waals surface area contributed by atoms with Gasteiger partial charge in [-0.05, 0) is 19.1 Å². The van der Waals surface area contributed by atoms with Crippen LogP contribution in [-0.2, 0) is 4.84 Å². The van der Waals surface area contributed by atoms with Crippen LogP contribution >= 0.6 is 0 Å². The Hall–Kier alpha value is -2.73. The van der Waals surface area contributed by atoms with Crippen molar-refractivity contribution in [2.75, 3.05) is 13.7 Å². The fourth-order valence-corrected chi connectivity index (χ4v) is 2.09. The van der Waals surface area contributed by atoms with Crippen molar-refractivity contribution < 1.29 is 19.1 Å². The highest BCUT2D eigenvalue weighted by Crippen LogP contribution is 2.35. The lowest BCUT2D eigenvalue weighted by atomic mass is 10.1. The number of hydroxylamine groups is 1. The Kier molecular flexibility index (Phi) is 4.53. The van der Waals surface area contributed by atoms with Gasteiger partial charge >= 0.3 is 5.63 Å². The minimum atomic E-state index is -0.644. The van der Waals surface area contributed by atoms with Crippen LogP contribution in [0.2, 0.25) is 0 Å². The molecule has 0 aliphatic heterocycles. The third-order valence-electron chi connectivity index (χ3n) is 3.12. The molecule has 0 saturated carbocycles. The van der Waals surface area contributed by atoms with E-state index in [-0.39, 0.29) is 29.2 Å². The number of phenolic OH excluding ortho intramolecular Hbond substituents is 1. The molecule has 22 heavy (non-hydrogen) atoms. The normalized spacial score (nSPS) is 10.5. The lowest BCUT2D eigenvalue weighted by molar-refractivity contribution is 0.136. The molecule has 0 amide bonds. The van der Waals surface area contributed by atoms with Crippen LogP contribution in [0.4, 0.5) is 0 Å². The molecule has 2 aromatic rings. The number of aromatic hydroxyl groups is 1. The van der Waals surface area contributed by atoms with Crippen molar-refractivity contribution in [3.05, 3.63) is 52.9 Å². The predicted octanol–water partition coefficient (Wildman–Crippen LogP) is 2.49. The van der Waals surface area contributed by atoms with Crippen LogP contribution in [0.1, 0.15) is 11.1 Å². The van der Waals surface area contributed by atoms with Gasteiger partial charge < -0.3 is 14.3 Å². The molecule has 0 saturated heterocycles. The third kappa shape index (κ3) is 2.68. The molecule has 0 spiro atoms. The highest BCUT2D eigenvalue weighted by molar-refractivity contribution is 5.91. The first-order valence-electron chi connectivity index (χ1n) is 6.52. The molecule has 2 N–H and O–H groups in total. The van der Waals surface area contributed by atoms with Crippen molar-refractivity contribution >= 4 is 16.7 Å². The first-order chi connectivity index (χ1) is 10.5. The van der Waals surface area contributed by atoms with E-state index >= 15 is 0 Å². The Morgan fingerprint density at radius 1 is 1.50 bits per heavy atom. The molecule has 1 aromatic carbocycles. The number of benzene rings is 1. The molecule has 1 heterocycles. The smallest absolute Gasteiger partial charge is 0.349 e. The Morgan fingerprint density at radius 3 is 2.86 bits per heavy atom. The zero-order valence-corrected chi connectivity index (χ0v) is 12.4. The maximum Gasteiger partial charge on any atom is 0.349 e. The monoisotopic (exact) mass is 303 g/mol. The molecule has 0 radical (unpaired) electrons. The van der Waals surface area contributed by atoms with Crippen molar-refractivity contribution in [2.45, 2.75) is 6.92 Å². The summed E-state index contributed by atoms with van der Waals surface area (Å²) in [6.45, 7) is 9.18. The number of hydrogen-bond acceptors (Lipinski definition) is 6. The lowest BCUT2D eigenvalue weighted by Crippen LogP contribution is -2.18. The van der Waals surface area contributed by atoms with Crippen LogP contribution in [0.15, 0.2) is 40.6 Å². The van der Waals surface area contributed by atoms with E-state index < -0.39 is 5.63 Å². The zero-order valence-electron chi connectivity index (χ0n) is 12.4. The molecule has 1 aromatic heterocycles. The zero-order chi connectivity index (χ0) is 16.3. The summed E-state index contributed by atoms with van der Waals surface area (Å²) in [5, 5.41) is 10.3. The maximum absolute atomic E-state index is 12.3. The van der Waals surface area contributed by atoms with Crippen LogP contribution < -0.4 is 15.8 Å². The summed E-state index contributed by atoms with van der Waals surface area (Å²) in [7, 11) is 1.40. The quantitative estimate of drug-likeness (QED) is 0.485. The molecule has 116 valence electrons. The Bertz CT molecular complexity index is 791. The van der Waals surface area contributed by atoms with E-state index in [0.717, 1.165) is 0 Å². The van der Waals surface area contributed by atoms with Crippen molar-refractivity contribution in [3.8, 4) is 11.5 Å². The number of ether oxygens (including phenoxy) is 1. The third-order valence-corrected chi connectivity index (χ3v) is 3.12. The van der Waals surface area contributed by atoms with E-state index in [4.69, 9.17) is 14.0 Å². The second-order valence-corrected chi connectivity index (χ2v) is 4.56. The van der Waals surface area contributed by atoms with Crippen molar-refractivity contribution in [3.63, 3.8) is 0 Å². The summed E-state index contributed by atoms with van der Waals surface area (Å²) in [5.41, 5.74) is 2.91. The van der Waals surface area contributed by atoms with Gasteiger partial charge in [0, 0.05) is 5.56 Å². The second kappa shape index (κ2) is 6.36. The van der Waals surface area contributed by atoms with Crippen molar-refractivity contribution in [1.29, 1.82) is 0 Å². The molecule has 0 aliphatic carbocycles. The standard InChI is InChI=1S/C16H17NO5/c1-5-8-21-15-11-6-7-12(18)9(2)14(11)22-16(19)13(15)10(3)17-20-4/h5-7,17-18H,1,3,8H2,2,4H3. The van der Waals surface area contributed by atoms with Crippen LogP contribution in [0, 0.1) is 6.92 Å². The van der Waals surface area contributed by atoms with Gasteiger partial charge in [-0.2, -0.15) is 0 Å². The molecule has 0 atom stereocenters. The fraction of sp³-hybridized carbons (Fsp3) is 0.188. The van der Waals surface area contributed by atoms with E-state index in [2.05, 4.69) is 18.6 Å². The summed E-state index contributed by atoms with van der Waals surface area (Å²) >= 11 is 0. The minimum absolute atomic E-state index is 0.0342. The predicted molar refractivity (Wildman–Crippen MR) is 83.8 cm³/mol. The molecular weight excluding hydrogens is 286 g/mol. The molecule has 0 fully saturated rings. The number of aryl methyl sites for hydroxylation is 1. The van der Waals surface area contributed by atoms with Crippen molar-refractivity contribution in [1.82, 2.24) is 5.48 Å². The van der Waals surface area contributed by atoms with Gasteiger partial charge in [0.2, 0.25) is 0 Å². The molecule has 2 rings (SSSR count). The van der Waals surface area contributed by atoms with Gasteiger partial charge in [-0.15, -0.1) is 0 Å². The average Bonchev–Trinajstić information content (AvgIpc) is 2.49. The van der Waals surface area contributed by atoms with Crippen LogP contribution in [0.5, 0.6) is 11.5 Å².